The lowest BCUT2D eigenvalue weighted by molar-refractivity contribution is 0.103. The summed E-state index contributed by atoms with van der Waals surface area (Å²) in [7, 11) is 3.72. The van der Waals surface area contributed by atoms with E-state index in [4.69, 9.17) is 4.74 Å². The molecular weight excluding hydrogens is 210 g/mol. The SMILES string of the molecule is CNCC(OC)c1cc(C(C)(C)C)ccc1C. The summed E-state index contributed by atoms with van der Waals surface area (Å²) in [6.07, 6.45) is 0.127. The van der Waals surface area contributed by atoms with Crippen LogP contribution in [0, 0.1) is 6.92 Å². The summed E-state index contributed by atoms with van der Waals surface area (Å²) < 4.78 is 5.56. The Morgan fingerprint density at radius 1 is 1.29 bits per heavy atom. The maximum Gasteiger partial charge on any atom is 0.0947 e. The van der Waals surface area contributed by atoms with Gasteiger partial charge >= 0.3 is 0 Å². The smallest absolute Gasteiger partial charge is 0.0947 e. The standard InChI is InChI=1S/C15H25NO/c1-11-7-8-12(15(2,3)4)9-13(11)14(17-6)10-16-5/h7-9,14,16H,10H2,1-6H3. The Labute approximate surface area is 105 Å². The van der Waals surface area contributed by atoms with E-state index < -0.39 is 0 Å². The molecule has 0 aliphatic rings. The van der Waals surface area contributed by atoms with E-state index in [2.05, 4.69) is 51.2 Å². The van der Waals surface area contributed by atoms with Crippen molar-refractivity contribution in [3.63, 3.8) is 0 Å². The van der Waals surface area contributed by atoms with E-state index in [1.807, 2.05) is 7.05 Å². The number of hydrogen-bond donors (Lipinski definition) is 1. The molecule has 0 heterocycles. The minimum atomic E-state index is 0.127. The number of likely N-dealkylation sites (N-methyl/N-ethyl adjacent to an activating group) is 1. The first kappa shape index (κ1) is 14.2. The van der Waals surface area contributed by atoms with Crippen LogP contribution >= 0.6 is 0 Å². The zero-order chi connectivity index (χ0) is 13.1. The average Bonchev–Trinajstić information content (AvgIpc) is 2.25. The Kier molecular flexibility index (Phi) is 4.72. The third-order valence-corrected chi connectivity index (χ3v) is 3.17. The van der Waals surface area contributed by atoms with Gasteiger partial charge in [-0.05, 0) is 36.1 Å². The Morgan fingerprint density at radius 2 is 1.94 bits per heavy atom. The van der Waals surface area contributed by atoms with Crippen molar-refractivity contribution in [1.29, 1.82) is 0 Å². The van der Waals surface area contributed by atoms with Crippen LogP contribution < -0.4 is 5.32 Å². The van der Waals surface area contributed by atoms with Gasteiger partial charge in [-0.1, -0.05) is 39.0 Å². The van der Waals surface area contributed by atoms with Gasteiger partial charge in [0.25, 0.3) is 0 Å². The van der Waals surface area contributed by atoms with Crippen LogP contribution in [-0.2, 0) is 10.2 Å². The lowest BCUT2D eigenvalue weighted by Gasteiger charge is -2.24. The normalized spacial score (nSPS) is 13.8. The fourth-order valence-corrected chi connectivity index (χ4v) is 1.96. The number of aryl methyl sites for hydroxylation is 1. The predicted octanol–water partition coefficient (Wildman–Crippen LogP) is 3.20. The molecule has 1 aromatic rings. The molecule has 1 rings (SSSR count). The number of benzene rings is 1. The van der Waals surface area contributed by atoms with Crippen molar-refractivity contribution in [3.05, 3.63) is 34.9 Å². The number of hydrogen-bond acceptors (Lipinski definition) is 2. The summed E-state index contributed by atoms with van der Waals surface area (Å²) >= 11 is 0. The summed E-state index contributed by atoms with van der Waals surface area (Å²) in [5.74, 6) is 0. The van der Waals surface area contributed by atoms with Crippen molar-refractivity contribution in [2.45, 2.75) is 39.2 Å². The summed E-state index contributed by atoms with van der Waals surface area (Å²) in [6.45, 7) is 9.69. The van der Waals surface area contributed by atoms with Gasteiger partial charge < -0.3 is 10.1 Å². The van der Waals surface area contributed by atoms with Crippen molar-refractivity contribution < 1.29 is 4.74 Å². The number of methoxy groups -OCH3 is 1. The third-order valence-electron chi connectivity index (χ3n) is 3.17. The molecular formula is C15H25NO. The number of rotatable bonds is 4. The topological polar surface area (TPSA) is 21.3 Å². The highest BCUT2D eigenvalue weighted by molar-refractivity contribution is 5.36. The van der Waals surface area contributed by atoms with Crippen molar-refractivity contribution in [1.82, 2.24) is 5.32 Å². The summed E-state index contributed by atoms with van der Waals surface area (Å²) in [6, 6.07) is 6.68. The minimum absolute atomic E-state index is 0.127. The van der Waals surface area contributed by atoms with Gasteiger partial charge in [-0.2, -0.15) is 0 Å². The van der Waals surface area contributed by atoms with Crippen LogP contribution in [0.3, 0.4) is 0 Å². The average molecular weight is 235 g/mol. The number of nitrogens with one attached hydrogen (secondary N) is 1. The van der Waals surface area contributed by atoms with Crippen LogP contribution in [0.25, 0.3) is 0 Å². The molecule has 0 aliphatic carbocycles. The first-order valence-corrected chi connectivity index (χ1v) is 6.18. The molecule has 0 fully saturated rings. The molecule has 0 aliphatic heterocycles. The van der Waals surface area contributed by atoms with Crippen LogP contribution in [0.1, 0.15) is 43.6 Å². The molecule has 1 aromatic carbocycles. The van der Waals surface area contributed by atoms with E-state index >= 15 is 0 Å². The summed E-state index contributed by atoms with van der Waals surface area (Å²) in [5.41, 5.74) is 4.12. The van der Waals surface area contributed by atoms with Crippen LogP contribution in [0.2, 0.25) is 0 Å². The molecule has 0 amide bonds. The Hall–Kier alpha value is -0.860. The molecule has 1 atom stereocenters. The van der Waals surface area contributed by atoms with E-state index in [1.165, 1.54) is 16.7 Å². The third kappa shape index (κ3) is 3.55. The quantitative estimate of drug-likeness (QED) is 0.865. The molecule has 2 heteroatoms. The maximum absolute atomic E-state index is 5.56. The van der Waals surface area contributed by atoms with Crippen LogP contribution in [0.4, 0.5) is 0 Å². The van der Waals surface area contributed by atoms with Gasteiger partial charge in [0.05, 0.1) is 6.10 Å². The molecule has 1 N–H and O–H groups in total. The highest BCUT2D eigenvalue weighted by Gasteiger charge is 2.18. The monoisotopic (exact) mass is 235 g/mol. The van der Waals surface area contributed by atoms with Gasteiger partial charge in [0.15, 0.2) is 0 Å². The molecule has 0 aromatic heterocycles. The van der Waals surface area contributed by atoms with Gasteiger partial charge in [0, 0.05) is 13.7 Å². The van der Waals surface area contributed by atoms with Crippen molar-refractivity contribution in [3.8, 4) is 0 Å². The largest absolute Gasteiger partial charge is 0.375 e. The zero-order valence-electron chi connectivity index (χ0n) is 11.9. The van der Waals surface area contributed by atoms with Gasteiger partial charge in [0.1, 0.15) is 0 Å². The van der Waals surface area contributed by atoms with Crippen LogP contribution in [0.5, 0.6) is 0 Å². The van der Waals surface area contributed by atoms with E-state index in [0.717, 1.165) is 6.54 Å². The van der Waals surface area contributed by atoms with Crippen molar-refractivity contribution in [2.24, 2.45) is 0 Å². The predicted molar refractivity (Wildman–Crippen MR) is 73.6 cm³/mol. The highest BCUT2D eigenvalue weighted by Crippen LogP contribution is 2.28. The number of ether oxygens (including phenoxy) is 1. The summed E-state index contributed by atoms with van der Waals surface area (Å²) in [4.78, 5) is 0. The molecule has 0 radical (unpaired) electrons. The van der Waals surface area contributed by atoms with E-state index in [9.17, 15) is 0 Å². The zero-order valence-corrected chi connectivity index (χ0v) is 11.9. The van der Waals surface area contributed by atoms with Gasteiger partial charge in [0.2, 0.25) is 0 Å². The van der Waals surface area contributed by atoms with Crippen molar-refractivity contribution >= 4 is 0 Å². The highest BCUT2D eigenvalue weighted by atomic mass is 16.5. The second-order valence-corrected chi connectivity index (χ2v) is 5.60. The van der Waals surface area contributed by atoms with Gasteiger partial charge in [-0.15, -0.1) is 0 Å². The molecule has 0 bridgehead atoms. The van der Waals surface area contributed by atoms with Gasteiger partial charge in [-0.3, -0.25) is 0 Å². The molecule has 17 heavy (non-hydrogen) atoms. The fraction of sp³-hybridized carbons (Fsp3) is 0.600. The first-order chi connectivity index (χ1) is 7.90. The fourth-order valence-electron chi connectivity index (χ4n) is 1.96. The van der Waals surface area contributed by atoms with E-state index in [0.29, 0.717) is 0 Å². The Morgan fingerprint density at radius 3 is 2.41 bits per heavy atom. The van der Waals surface area contributed by atoms with Gasteiger partial charge in [-0.25, -0.2) is 0 Å². The lowest BCUT2D eigenvalue weighted by Crippen LogP contribution is -2.20. The minimum Gasteiger partial charge on any atom is -0.375 e. The Balaban J connectivity index is 3.13. The second kappa shape index (κ2) is 5.65. The second-order valence-electron chi connectivity index (χ2n) is 5.60. The van der Waals surface area contributed by atoms with E-state index in [1.54, 1.807) is 7.11 Å². The molecule has 0 spiro atoms. The molecule has 0 saturated carbocycles. The van der Waals surface area contributed by atoms with Crippen molar-refractivity contribution in [2.75, 3.05) is 20.7 Å². The lowest BCUT2D eigenvalue weighted by atomic mass is 9.84. The molecule has 96 valence electrons. The summed E-state index contributed by atoms with van der Waals surface area (Å²) in [5, 5.41) is 3.18. The maximum atomic E-state index is 5.56. The Bertz CT molecular complexity index is 366. The van der Waals surface area contributed by atoms with Crippen LogP contribution in [0.15, 0.2) is 18.2 Å². The van der Waals surface area contributed by atoms with Crippen LogP contribution in [-0.4, -0.2) is 20.7 Å². The molecule has 2 nitrogen and oxygen atoms in total. The molecule has 1 unspecified atom stereocenters. The molecule has 0 saturated heterocycles. The first-order valence-electron chi connectivity index (χ1n) is 6.18. The van der Waals surface area contributed by atoms with E-state index in [-0.39, 0.29) is 11.5 Å².